The maximum absolute atomic E-state index is 9.08. The topological polar surface area (TPSA) is 116 Å². The maximum Gasteiger partial charge on any atom is 1.00 e. The van der Waals surface area contributed by atoms with Gasteiger partial charge in [-0.15, -0.1) is 0 Å². The first-order valence-corrected chi connectivity index (χ1v) is 10.5. The van der Waals surface area contributed by atoms with Crippen LogP contribution in [-0.4, -0.2) is 55.9 Å². The summed E-state index contributed by atoms with van der Waals surface area (Å²) < 4.78 is 38.0. The van der Waals surface area contributed by atoms with Gasteiger partial charge in [0, 0.05) is 11.7 Å². The van der Waals surface area contributed by atoms with Crippen LogP contribution < -0.4 is 39.0 Å². The molecule has 9 heteroatoms. The van der Waals surface area contributed by atoms with Crippen LogP contribution in [0.2, 0.25) is 0 Å². The van der Waals surface area contributed by atoms with Gasteiger partial charge in [0.25, 0.3) is 0 Å². The third-order valence-electron chi connectivity index (χ3n) is 3.87. The third-order valence-corrected chi connectivity index (χ3v) is 3.87. The summed E-state index contributed by atoms with van der Waals surface area (Å²) in [5.74, 6) is 1.51. The Bertz CT molecular complexity index is 742. The predicted octanol–water partition coefficient (Wildman–Crippen LogP) is -1.08. The zero-order valence-electron chi connectivity index (χ0n) is 17.3. The van der Waals surface area contributed by atoms with Gasteiger partial charge >= 0.3 is 29.6 Å². The Hall–Kier alpha value is -1.13. The van der Waals surface area contributed by atoms with E-state index < -0.39 is 10.1 Å². The maximum atomic E-state index is 9.08. The number of hydrogen-bond donors (Lipinski definition) is 2. The first kappa shape index (κ1) is 27.9. The standard InChI is InChI=1S/C19H24O4.CH4O3S.Na/c1-19(2,15-3-7-17(8-4-15)22-13-11-20)16-5-9-18(10-6-16)23-14-12-21;1-5(2,3)4;/h3-10,20-21H,11-14H2,1-2H3;1H3,(H,2,3,4);/q;;+1/p-1. The summed E-state index contributed by atoms with van der Waals surface area (Å²) in [6, 6.07) is 15.9. The van der Waals surface area contributed by atoms with Gasteiger partial charge in [-0.25, -0.2) is 8.42 Å². The monoisotopic (exact) mass is 434 g/mol. The summed E-state index contributed by atoms with van der Waals surface area (Å²) in [5, 5.41) is 17.6. The van der Waals surface area contributed by atoms with Gasteiger partial charge < -0.3 is 24.2 Å². The molecular formula is C20H27NaO7S. The predicted molar refractivity (Wildman–Crippen MR) is 106 cm³/mol. The molecule has 7 nitrogen and oxygen atoms in total. The van der Waals surface area contributed by atoms with Crippen LogP contribution in [0.5, 0.6) is 11.5 Å². The molecule has 0 aromatic heterocycles. The molecule has 2 rings (SSSR count). The minimum Gasteiger partial charge on any atom is -0.748 e. The van der Waals surface area contributed by atoms with E-state index in [-0.39, 0.29) is 48.2 Å². The molecule has 0 aliphatic heterocycles. The van der Waals surface area contributed by atoms with E-state index >= 15 is 0 Å². The summed E-state index contributed by atoms with van der Waals surface area (Å²) in [6.07, 6.45) is 0.604. The second kappa shape index (κ2) is 13.2. The van der Waals surface area contributed by atoms with Crippen molar-refractivity contribution in [1.29, 1.82) is 0 Å². The summed E-state index contributed by atoms with van der Waals surface area (Å²) in [7, 11) is -3.92. The Kier molecular flexibility index (Phi) is 12.7. The molecule has 2 aromatic carbocycles. The van der Waals surface area contributed by atoms with Crippen LogP contribution in [0.3, 0.4) is 0 Å². The number of aliphatic hydroxyl groups excluding tert-OH is 2. The fourth-order valence-corrected chi connectivity index (χ4v) is 2.43. The Morgan fingerprint density at radius 2 is 1.10 bits per heavy atom. The van der Waals surface area contributed by atoms with Crippen LogP contribution in [0.1, 0.15) is 25.0 Å². The molecule has 0 bridgehead atoms. The van der Waals surface area contributed by atoms with Crippen molar-refractivity contribution >= 4 is 10.1 Å². The second-order valence-corrected chi connectivity index (χ2v) is 7.93. The molecule has 0 atom stereocenters. The molecule has 0 unspecified atom stereocenters. The van der Waals surface area contributed by atoms with E-state index in [2.05, 4.69) is 13.8 Å². The van der Waals surface area contributed by atoms with Gasteiger partial charge in [0.1, 0.15) is 24.7 Å². The van der Waals surface area contributed by atoms with E-state index in [4.69, 9.17) is 32.7 Å². The van der Waals surface area contributed by atoms with Crippen LogP contribution in [0.15, 0.2) is 48.5 Å². The van der Waals surface area contributed by atoms with Crippen molar-refractivity contribution in [2.45, 2.75) is 19.3 Å². The molecule has 156 valence electrons. The third kappa shape index (κ3) is 11.0. The number of benzene rings is 2. The zero-order chi connectivity index (χ0) is 21.2. The van der Waals surface area contributed by atoms with Gasteiger partial charge in [-0.1, -0.05) is 38.1 Å². The Morgan fingerprint density at radius 1 is 0.828 bits per heavy atom. The van der Waals surface area contributed by atoms with E-state index in [1.807, 2.05) is 48.5 Å². The largest absolute Gasteiger partial charge is 1.00 e. The molecule has 29 heavy (non-hydrogen) atoms. The van der Waals surface area contributed by atoms with Crippen LogP contribution in [0, 0.1) is 0 Å². The van der Waals surface area contributed by atoms with Gasteiger partial charge in [0.05, 0.1) is 23.3 Å². The molecule has 0 saturated carbocycles. The van der Waals surface area contributed by atoms with Crippen LogP contribution in [0.4, 0.5) is 0 Å². The first-order valence-electron chi connectivity index (χ1n) is 8.67. The van der Waals surface area contributed by atoms with E-state index in [0.717, 1.165) is 11.5 Å². The second-order valence-electron chi connectivity index (χ2n) is 6.52. The van der Waals surface area contributed by atoms with Crippen LogP contribution in [-0.2, 0) is 15.5 Å². The van der Waals surface area contributed by atoms with Gasteiger partial charge in [0.15, 0.2) is 0 Å². The SMILES string of the molecule is CC(C)(c1ccc(OCCO)cc1)c1ccc(OCCO)cc1.CS(=O)(=O)[O-].[Na+]. The van der Waals surface area contributed by atoms with Gasteiger partial charge in [-0.3, -0.25) is 0 Å². The van der Waals surface area contributed by atoms with Crippen molar-refractivity contribution in [3.8, 4) is 11.5 Å². The van der Waals surface area contributed by atoms with Crippen molar-refractivity contribution < 1.29 is 62.2 Å². The van der Waals surface area contributed by atoms with E-state index in [0.29, 0.717) is 19.5 Å². The molecular weight excluding hydrogens is 407 g/mol. The minimum absolute atomic E-state index is 0. The molecule has 0 fully saturated rings. The van der Waals surface area contributed by atoms with E-state index in [1.165, 1.54) is 11.1 Å². The molecule has 0 amide bonds. The molecule has 0 spiro atoms. The fourth-order valence-electron chi connectivity index (χ4n) is 2.43. The number of hydrogen-bond acceptors (Lipinski definition) is 7. The summed E-state index contributed by atoms with van der Waals surface area (Å²) >= 11 is 0. The molecule has 0 aliphatic carbocycles. The van der Waals surface area contributed by atoms with Crippen molar-refractivity contribution in [3.05, 3.63) is 59.7 Å². The van der Waals surface area contributed by atoms with Crippen molar-refractivity contribution in [2.24, 2.45) is 0 Å². The molecule has 2 aromatic rings. The quantitative estimate of drug-likeness (QED) is 0.401. The van der Waals surface area contributed by atoms with Crippen LogP contribution >= 0.6 is 0 Å². The molecule has 0 heterocycles. The van der Waals surface area contributed by atoms with E-state index in [9.17, 15) is 0 Å². The van der Waals surface area contributed by atoms with Gasteiger partial charge in [-0.2, -0.15) is 0 Å². The number of rotatable bonds is 8. The fraction of sp³-hybridized carbons (Fsp3) is 0.400. The molecule has 0 aliphatic rings. The zero-order valence-corrected chi connectivity index (χ0v) is 20.1. The first-order chi connectivity index (χ1) is 13.1. The molecule has 0 radical (unpaired) electrons. The Labute approximate surface area is 194 Å². The average molecular weight is 434 g/mol. The molecule has 0 saturated heterocycles. The summed E-state index contributed by atoms with van der Waals surface area (Å²) in [6.45, 7) is 4.96. The van der Waals surface area contributed by atoms with Crippen LogP contribution in [0.25, 0.3) is 0 Å². The number of ether oxygens (including phenoxy) is 2. The number of aliphatic hydroxyl groups is 2. The van der Waals surface area contributed by atoms with Gasteiger partial charge in [-0.05, 0) is 35.4 Å². The van der Waals surface area contributed by atoms with Crippen molar-refractivity contribution in [1.82, 2.24) is 0 Å². The summed E-state index contributed by atoms with van der Waals surface area (Å²) in [4.78, 5) is 0. The van der Waals surface area contributed by atoms with E-state index in [1.54, 1.807) is 0 Å². The average Bonchev–Trinajstić information content (AvgIpc) is 2.64. The minimum atomic E-state index is -3.92. The summed E-state index contributed by atoms with van der Waals surface area (Å²) in [5.41, 5.74) is 2.21. The Balaban J connectivity index is 0.00000117. The van der Waals surface area contributed by atoms with Gasteiger partial charge in [0.2, 0.25) is 0 Å². The van der Waals surface area contributed by atoms with Crippen molar-refractivity contribution in [3.63, 3.8) is 0 Å². The smallest absolute Gasteiger partial charge is 0.748 e. The Morgan fingerprint density at radius 3 is 1.34 bits per heavy atom. The normalized spacial score (nSPS) is 11.0. The molecule has 2 N–H and O–H groups in total. The van der Waals surface area contributed by atoms with Crippen molar-refractivity contribution in [2.75, 3.05) is 32.7 Å².